The van der Waals surface area contributed by atoms with Crippen LogP contribution in [0.1, 0.15) is 28.1 Å². The van der Waals surface area contributed by atoms with E-state index in [1.54, 1.807) is 24.4 Å². The number of aryl methyl sites for hydroxylation is 3. The number of anilines is 1. The fourth-order valence-electron chi connectivity index (χ4n) is 3.97. The molecule has 3 heterocycles. The first kappa shape index (κ1) is 20.3. The van der Waals surface area contributed by atoms with Crippen molar-refractivity contribution in [2.45, 2.75) is 27.7 Å². The third kappa shape index (κ3) is 3.44. The van der Waals surface area contributed by atoms with E-state index in [0.29, 0.717) is 5.69 Å². The normalized spacial score (nSPS) is 15.5. The van der Waals surface area contributed by atoms with Crippen molar-refractivity contribution >= 4 is 29.6 Å². The number of rotatable bonds is 3. The average molecular weight is 414 g/mol. The van der Waals surface area contributed by atoms with Crippen molar-refractivity contribution in [1.82, 2.24) is 14.9 Å². The highest BCUT2D eigenvalue weighted by molar-refractivity contribution is 6.39. The zero-order chi connectivity index (χ0) is 22.3. The quantitative estimate of drug-likeness (QED) is 0.522. The number of amides is 4. The molecule has 1 aromatic carbocycles. The summed E-state index contributed by atoms with van der Waals surface area (Å²) in [5.74, 6) is -1.40. The van der Waals surface area contributed by atoms with Crippen LogP contribution in [0.5, 0.6) is 0 Å². The molecule has 0 saturated carbocycles. The van der Waals surface area contributed by atoms with E-state index >= 15 is 0 Å². The minimum absolute atomic E-state index is 0.106. The van der Waals surface area contributed by atoms with Gasteiger partial charge in [-0.25, -0.2) is 9.69 Å². The third-order valence-electron chi connectivity index (χ3n) is 5.44. The van der Waals surface area contributed by atoms with E-state index in [0.717, 1.165) is 38.7 Å². The number of aromatic nitrogens is 2. The van der Waals surface area contributed by atoms with E-state index in [9.17, 15) is 14.4 Å². The van der Waals surface area contributed by atoms with Crippen molar-refractivity contribution in [3.05, 3.63) is 82.4 Å². The summed E-state index contributed by atoms with van der Waals surface area (Å²) in [6.07, 6.45) is 4.48. The number of urea groups is 1. The highest BCUT2D eigenvalue weighted by Crippen LogP contribution is 2.28. The van der Waals surface area contributed by atoms with Gasteiger partial charge in [0, 0.05) is 17.6 Å². The molecule has 31 heavy (non-hydrogen) atoms. The fourth-order valence-corrected chi connectivity index (χ4v) is 3.97. The lowest BCUT2D eigenvalue weighted by atomic mass is 10.1. The fraction of sp³-hybridized carbons (Fsp3) is 0.167. The van der Waals surface area contributed by atoms with Crippen molar-refractivity contribution in [2.24, 2.45) is 0 Å². The maximum absolute atomic E-state index is 13.1. The Bertz CT molecular complexity index is 1240. The summed E-state index contributed by atoms with van der Waals surface area (Å²) in [4.78, 5) is 42.8. The monoisotopic (exact) mass is 414 g/mol. The first-order valence-electron chi connectivity index (χ1n) is 9.86. The maximum Gasteiger partial charge on any atom is 0.336 e. The number of nitrogens with zero attached hydrogens (tertiary/aromatic N) is 3. The second-order valence-electron chi connectivity index (χ2n) is 7.57. The van der Waals surface area contributed by atoms with E-state index in [2.05, 4.69) is 40.8 Å². The molecule has 0 unspecified atom stereocenters. The van der Waals surface area contributed by atoms with Crippen LogP contribution in [-0.4, -0.2) is 27.4 Å². The van der Waals surface area contributed by atoms with E-state index in [1.807, 2.05) is 26.0 Å². The molecule has 1 saturated heterocycles. The van der Waals surface area contributed by atoms with E-state index < -0.39 is 17.8 Å². The van der Waals surface area contributed by atoms with Crippen molar-refractivity contribution in [3.8, 4) is 5.69 Å². The molecule has 1 fully saturated rings. The molecule has 1 aliphatic heterocycles. The van der Waals surface area contributed by atoms with Crippen LogP contribution >= 0.6 is 0 Å². The van der Waals surface area contributed by atoms with Gasteiger partial charge in [0.05, 0.1) is 17.6 Å². The Morgan fingerprint density at radius 1 is 0.968 bits per heavy atom. The van der Waals surface area contributed by atoms with Gasteiger partial charge in [0.15, 0.2) is 0 Å². The Balaban J connectivity index is 1.81. The molecule has 0 aliphatic carbocycles. The van der Waals surface area contributed by atoms with Crippen LogP contribution in [0.4, 0.5) is 10.5 Å². The Hall–Kier alpha value is -4.00. The van der Waals surface area contributed by atoms with Crippen LogP contribution in [0.2, 0.25) is 0 Å². The number of hydrogen-bond donors (Lipinski definition) is 1. The van der Waals surface area contributed by atoms with Gasteiger partial charge in [-0.1, -0.05) is 18.2 Å². The molecule has 4 amide bonds. The predicted octanol–water partition coefficient (Wildman–Crippen LogP) is 3.77. The minimum Gasteiger partial charge on any atom is -0.317 e. The number of carbonyl (C=O) groups is 3. The molecule has 1 aliphatic rings. The Kier molecular flexibility index (Phi) is 5.02. The largest absolute Gasteiger partial charge is 0.336 e. The van der Waals surface area contributed by atoms with Crippen LogP contribution in [0.15, 0.2) is 54.4 Å². The molecular formula is C24H22N4O3. The zero-order valence-corrected chi connectivity index (χ0v) is 17.8. The number of imide groups is 2. The Morgan fingerprint density at radius 2 is 1.68 bits per heavy atom. The zero-order valence-electron chi connectivity index (χ0n) is 17.8. The molecule has 0 radical (unpaired) electrons. The van der Waals surface area contributed by atoms with Crippen LogP contribution < -0.4 is 10.2 Å². The van der Waals surface area contributed by atoms with E-state index in [-0.39, 0.29) is 5.57 Å². The standard InChI is InChI=1S/C24H22N4O3/c1-14-7-5-8-15(2)21(14)27-16(3)11-18(17(27)4)12-20-22(29)26-24(31)28(23(20)30)19-9-6-10-25-13-19/h5-13H,1-4H3,(H,26,29,31)/b20-12+. The number of benzene rings is 1. The average Bonchev–Trinajstić information content (AvgIpc) is 2.99. The highest BCUT2D eigenvalue weighted by Gasteiger charge is 2.37. The summed E-state index contributed by atoms with van der Waals surface area (Å²) in [5, 5.41) is 2.24. The van der Waals surface area contributed by atoms with Gasteiger partial charge in [0.2, 0.25) is 0 Å². The molecule has 3 aromatic rings. The number of nitrogens with one attached hydrogen (secondary N) is 1. The van der Waals surface area contributed by atoms with Crippen LogP contribution in [0.3, 0.4) is 0 Å². The maximum atomic E-state index is 13.1. The van der Waals surface area contributed by atoms with Gasteiger partial charge in [-0.3, -0.25) is 19.9 Å². The molecule has 4 rings (SSSR count). The SMILES string of the molecule is Cc1cccc(C)c1-n1c(C)cc(/C=C2\C(=O)NC(=O)N(c3cccnc3)C2=O)c1C. The molecular weight excluding hydrogens is 392 g/mol. The summed E-state index contributed by atoms with van der Waals surface area (Å²) >= 11 is 0. The number of hydrogen-bond acceptors (Lipinski definition) is 4. The summed E-state index contributed by atoms with van der Waals surface area (Å²) < 4.78 is 2.12. The second-order valence-corrected chi connectivity index (χ2v) is 7.57. The van der Waals surface area contributed by atoms with E-state index in [1.165, 1.54) is 6.20 Å². The molecule has 1 N–H and O–H groups in total. The van der Waals surface area contributed by atoms with Crippen molar-refractivity contribution < 1.29 is 14.4 Å². The summed E-state index contributed by atoms with van der Waals surface area (Å²) in [5.41, 5.74) is 6.13. The van der Waals surface area contributed by atoms with Crippen LogP contribution in [0.25, 0.3) is 11.8 Å². The van der Waals surface area contributed by atoms with Gasteiger partial charge in [-0.2, -0.15) is 0 Å². The lowest BCUT2D eigenvalue weighted by Gasteiger charge is -2.26. The van der Waals surface area contributed by atoms with Crippen LogP contribution in [-0.2, 0) is 9.59 Å². The number of barbiturate groups is 1. The summed E-state index contributed by atoms with van der Waals surface area (Å²) in [6.45, 7) is 8.03. The molecule has 0 spiro atoms. The van der Waals surface area contributed by atoms with Gasteiger partial charge >= 0.3 is 6.03 Å². The van der Waals surface area contributed by atoms with Gasteiger partial charge in [-0.05, 0) is 68.7 Å². The summed E-state index contributed by atoms with van der Waals surface area (Å²) in [6, 6.07) is 10.5. The van der Waals surface area contributed by atoms with Gasteiger partial charge < -0.3 is 4.57 Å². The van der Waals surface area contributed by atoms with Gasteiger partial charge in [-0.15, -0.1) is 0 Å². The lowest BCUT2D eigenvalue weighted by molar-refractivity contribution is -0.122. The smallest absolute Gasteiger partial charge is 0.317 e. The highest BCUT2D eigenvalue weighted by atomic mass is 16.2. The summed E-state index contributed by atoms with van der Waals surface area (Å²) in [7, 11) is 0. The second kappa shape index (κ2) is 7.68. The predicted molar refractivity (Wildman–Crippen MR) is 118 cm³/mol. The molecule has 0 atom stereocenters. The number of pyridine rings is 1. The topological polar surface area (TPSA) is 84.3 Å². The molecule has 156 valence electrons. The first-order chi connectivity index (χ1) is 14.8. The Morgan fingerprint density at radius 3 is 2.32 bits per heavy atom. The molecule has 0 bridgehead atoms. The first-order valence-corrected chi connectivity index (χ1v) is 9.86. The Labute approximate surface area is 180 Å². The van der Waals surface area contributed by atoms with E-state index in [4.69, 9.17) is 0 Å². The molecule has 7 heteroatoms. The van der Waals surface area contributed by atoms with Gasteiger partial charge in [0.1, 0.15) is 5.57 Å². The molecule has 2 aromatic heterocycles. The number of carbonyl (C=O) groups excluding carboxylic acids is 3. The van der Waals surface area contributed by atoms with Crippen molar-refractivity contribution in [2.75, 3.05) is 4.90 Å². The lowest BCUT2D eigenvalue weighted by Crippen LogP contribution is -2.54. The van der Waals surface area contributed by atoms with Crippen molar-refractivity contribution in [1.29, 1.82) is 0 Å². The third-order valence-corrected chi connectivity index (χ3v) is 5.44. The minimum atomic E-state index is -0.791. The number of para-hydroxylation sites is 1. The van der Waals surface area contributed by atoms with Crippen LogP contribution in [0, 0.1) is 27.7 Å². The van der Waals surface area contributed by atoms with Crippen molar-refractivity contribution in [3.63, 3.8) is 0 Å². The van der Waals surface area contributed by atoms with Gasteiger partial charge in [0.25, 0.3) is 11.8 Å². The molecule has 7 nitrogen and oxygen atoms in total.